The van der Waals surface area contributed by atoms with E-state index in [1.165, 1.54) is 0 Å². The number of ether oxygens (including phenoxy) is 1. The highest BCUT2D eigenvalue weighted by atomic mass is 16.6. The van der Waals surface area contributed by atoms with E-state index in [0.29, 0.717) is 24.2 Å². The lowest BCUT2D eigenvalue weighted by molar-refractivity contribution is -0.136. The van der Waals surface area contributed by atoms with Crippen LogP contribution in [0, 0.1) is 0 Å². The summed E-state index contributed by atoms with van der Waals surface area (Å²) in [6.45, 7) is 14.2. The number of rotatable bonds is 6. The van der Waals surface area contributed by atoms with Crippen LogP contribution in [0.2, 0.25) is 0 Å². The highest BCUT2D eigenvalue weighted by Crippen LogP contribution is 2.31. The fourth-order valence-corrected chi connectivity index (χ4v) is 5.88. The molecule has 1 N–H and O–H groups in total. The molecule has 1 atom stereocenters. The van der Waals surface area contributed by atoms with E-state index in [9.17, 15) is 24.0 Å². The third-order valence-corrected chi connectivity index (χ3v) is 8.13. The first kappa shape index (κ1) is 29.0. The smallest absolute Gasteiger partial charge is 0.410 e. The molecule has 1 unspecified atom stereocenters. The number of nitrogens with one attached hydrogen (secondary N) is 1. The Balaban J connectivity index is 1.06. The van der Waals surface area contributed by atoms with Gasteiger partial charge in [0, 0.05) is 64.5 Å². The maximum atomic E-state index is 13.2. The van der Waals surface area contributed by atoms with E-state index in [1.807, 2.05) is 26.8 Å². The second-order valence-corrected chi connectivity index (χ2v) is 12.2. The van der Waals surface area contributed by atoms with Gasteiger partial charge in [-0.25, -0.2) is 4.79 Å². The Labute approximate surface area is 240 Å². The zero-order chi connectivity index (χ0) is 29.3. The number of piperidine rings is 1. The fraction of sp³-hybridized carbons (Fsp3) is 0.621. The van der Waals surface area contributed by atoms with Gasteiger partial charge in [0.2, 0.25) is 11.8 Å². The van der Waals surface area contributed by atoms with Crippen LogP contribution in [0.25, 0.3) is 0 Å². The van der Waals surface area contributed by atoms with Crippen LogP contribution in [-0.4, -0.2) is 126 Å². The number of carbonyl (C=O) groups excluding carboxylic acids is 5. The van der Waals surface area contributed by atoms with Gasteiger partial charge in [-0.2, -0.15) is 0 Å². The van der Waals surface area contributed by atoms with Crippen LogP contribution in [-0.2, 0) is 14.3 Å². The van der Waals surface area contributed by atoms with Crippen molar-refractivity contribution >= 4 is 35.4 Å². The van der Waals surface area contributed by atoms with E-state index in [2.05, 4.69) is 20.0 Å². The Morgan fingerprint density at radius 2 is 1.49 bits per heavy atom. The third kappa shape index (κ3) is 6.54. The molecule has 0 saturated carbocycles. The van der Waals surface area contributed by atoms with Gasteiger partial charge >= 0.3 is 6.09 Å². The van der Waals surface area contributed by atoms with E-state index in [-0.39, 0.29) is 24.8 Å². The van der Waals surface area contributed by atoms with Crippen LogP contribution in [0.5, 0.6) is 0 Å². The molecule has 1 aromatic rings. The van der Waals surface area contributed by atoms with Crippen LogP contribution in [0.15, 0.2) is 18.2 Å². The van der Waals surface area contributed by atoms with Gasteiger partial charge in [-0.3, -0.25) is 39.2 Å². The molecule has 3 saturated heterocycles. The van der Waals surface area contributed by atoms with Gasteiger partial charge in [0.25, 0.3) is 11.8 Å². The number of benzene rings is 1. The summed E-state index contributed by atoms with van der Waals surface area (Å²) in [4.78, 5) is 72.1. The number of nitrogens with zero attached hydrogens (tertiary/aromatic N) is 5. The topological polar surface area (TPSA) is 123 Å². The van der Waals surface area contributed by atoms with E-state index in [1.54, 1.807) is 17.0 Å². The second-order valence-electron chi connectivity index (χ2n) is 12.2. The third-order valence-electron chi connectivity index (χ3n) is 8.13. The standard InChI is InChI=1S/C29H40N6O6/c1-29(2,3)41-28(40)34-17-13-32(14-18-34)10-4-9-31-11-15-33(16-12-31)20-5-6-21-22(19-20)27(39)35(26(21)38)23-7-8-24(36)30-25(23)37/h5-6,19,23H,4,7-18H2,1-3H3,(H,30,36,37). The first-order valence-electron chi connectivity index (χ1n) is 14.5. The van der Waals surface area contributed by atoms with Crippen molar-refractivity contribution in [3.63, 3.8) is 0 Å². The van der Waals surface area contributed by atoms with Crippen molar-refractivity contribution in [2.24, 2.45) is 0 Å². The summed E-state index contributed by atoms with van der Waals surface area (Å²) in [7, 11) is 0. The molecule has 5 rings (SSSR count). The highest BCUT2D eigenvalue weighted by Gasteiger charge is 2.44. The molecule has 222 valence electrons. The van der Waals surface area contributed by atoms with Crippen LogP contribution in [0.4, 0.5) is 10.5 Å². The van der Waals surface area contributed by atoms with Gasteiger partial charge in [-0.05, 0) is 64.9 Å². The number of amides is 5. The molecule has 0 aromatic heterocycles. The quantitative estimate of drug-likeness (QED) is 0.504. The molecule has 0 aliphatic carbocycles. The summed E-state index contributed by atoms with van der Waals surface area (Å²) in [5.74, 6) is -1.95. The zero-order valence-electron chi connectivity index (χ0n) is 24.2. The first-order chi connectivity index (χ1) is 19.5. The predicted octanol–water partition coefficient (Wildman–Crippen LogP) is 1.15. The molecule has 12 heteroatoms. The van der Waals surface area contributed by atoms with Crippen molar-refractivity contribution in [2.75, 3.05) is 70.3 Å². The lowest BCUT2D eigenvalue weighted by atomic mass is 10.0. The van der Waals surface area contributed by atoms with Gasteiger partial charge in [0.05, 0.1) is 11.1 Å². The summed E-state index contributed by atoms with van der Waals surface area (Å²) in [6.07, 6.45) is 1.07. The first-order valence-corrected chi connectivity index (χ1v) is 14.5. The van der Waals surface area contributed by atoms with Crippen LogP contribution in [0.1, 0.15) is 60.7 Å². The van der Waals surface area contributed by atoms with Gasteiger partial charge in [-0.15, -0.1) is 0 Å². The molecule has 4 aliphatic heterocycles. The number of imide groups is 2. The molecule has 12 nitrogen and oxygen atoms in total. The summed E-state index contributed by atoms with van der Waals surface area (Å²) >= 11 is 0. The Kier molecular flexibility index (Phi) is 8.32. The fourth-order valence-electron chi connectivity index (χ4n) is 5.88. The normalized spacial score (nSPS) is 22.7. The van der Waals surface area contributed by atoms with Gasteiger partial charge in [0.15, 0.2) is 0 Å². The largest absolute Gasteiger partial charge is 0.444 e. The maximum Gasteiger partial charge on any atom is 0.410 e. The molecule has 5 amide bonds. The average molecular weight is 569 g/mol. The highest BCUT2D eigenvalue weighted by molar-refractivity contribution is 6.23. The molecule has 0 spiro atoms. The Hall–Kier alpha value is -3.51. The summed E-state index contributed by atoms with van der Waals surface area (Å²) < 4.78 is 5.48. The average Bonchev–Trinajstić information content (AvgIpc) is 3.17. The lowest BCUT2D eigenvalue weighted by Gasteiger charge is -2.37. The Morgan fingerprint density at radius 1 is 0.878 bits per heavy atom. The van der Waals surface area contributed by atoms with Crippen molar-refractivity contribution in [2.45, 2.75) is 51.7 Å². The molecule has 4 heterocycles. The zero-order valence-corrected chi connectivity index (χ0v) is 24.2. The van der Waals surface area contributed by atoms with E-state index >= 15 is 0 Å². The van der Waals surface area contributed by atoms with Crippen molar-refractivity contribution < 1.29 is 28.7 Å². The molecular weight excluding hydrogens is 528 g/mol. The predicted molar refractivity (Wildman–Crippen MR) is 151 cm³/mol. The number of carbonyl (C=O) groups is 5. The van der Waals surface area contributed by atoms with Crippen LogP contribution < -0.4 is 10.2 Å². The van der Waals surface area contributed by atoms with Crippen LogP contribution >= 0.6 is 0 Å². The van der Waals surface area contributed by atoms with Crippen molar-refractivity contribution in [3.05, 3.63) is 29.3 Å². The van der Waals surface area contributed by atoms with Crippen molar-refractivity contribution in [3.8, 4) is 0 Å². The lowest BCUT2D eigenvalue weighted by Crippen LogP contribution is -2.54. The number of hydrogen-bond acceptors (Lipinski definition) is 9. The maximum absolute atomic E-state index is 13.2. The van der Waals surface area contributed by atoms with E-state index < -0.39 is 29.4 Å². The minimum atomic E-state index is -0.957. The van der Waals surface area contributed by atoms with Gasteiger partial charge in [-0.1, -0.05) is 0 Å². The number of piperazine rings is 2. The Bertz CT molecular complexity index is 1210. The van der Waals surface area contributed by atoms with Gasteiger partial charge in [0.1, 0.15) is 11.6 Å². The summed E-state index contributed by atoms with van der Waals surface area (Å²) in [6, 6.07) is 4.34. The minimum absolute atomic E-state index is 0.101. The molecule has 41 heavy (non-hydrogen) atoms. The van der Waals surface area contributed by atoms with Crippen molar-refractivity contribution in [1.29, 1.82) is 0 Å². The van der Waals surface area contributed by atoms with E-state index in [4.69, 9.17) is 4.74 Å². The second kappa shape index (κ2) is 11.8. The molecule has 0 radical (unpaired) electrons. The molecule has 1 aromatic carbocycles. The minimum Gasteiger partial charge on any atom is -0.444 e. The molecule has 0 bridgehead atoms. The van der Waals surface area contributed by atoms with Crippen molar-refractivity contribution in [1.82, 2.24) is 24.9 Å². The molecular formula is C29H40N6O6. The van der Waals surface area contributed by atoms with Crippen LogP contribution in [0.3, 0.4) is 0 Å². The SMILES string of the molecule is CC(C)(C)OC(=O)N1CCN(CCCN2CCN(c3ccc4c(c3)C(=O)N(C3CCC(=O)NC3=O)C4=O)CC2)CC1. The summed E-state index contributed by atoms with van der Waals surface area (Å²) in [5.41, 5.74) is 1.02. The molecule has 4 aliphatic rings. The number of fused-ring (bicyclic) bond motifs is 1. The van der Waals surface area contributed by atoms with Gasteiger partial charge < -0.3 is 14.5 Å². The Morgan fingerprint density at radius 3 is 2.10 bits per heavy atom. The molecule has 3 fully saturated rings. The summed E-state index contributed by atoms with van der Waals surface area (Å²) in [5, 5.41) is 2.23. The number of hydrogen-bond donors (Lipinski definition) is 1. The van der Waals surface area contributed by atoms with E-state index in [0.717, 1.165) is 69.4 Å². The monoisotopic (exact) mass is 568 g/mol. The number of anilines is 1.